The van der Waals surface area contributed by atoms with Crippen molar-refractivity contribution in [2.45, 2.75) is 71.4 Å². The van der Waals surface area contributed by atoms with Gasteiger partial charge in [-0.25, -0.2) is 0 Å². The summed E-state index contributed by atoms with van der Waals surface area (Å²) in [5.74, 6) is 1.76. The van der Waals surface area contributed by atoms with Crippen LogP contribution in [0.1, 0.15) is 59.3 Å². The van der Waals surface area contributed by atoms with Gasteiger partial charge in [-0.15, -0.1) is 0 Å². The second kappa shape index (κ2) is 8.10. The highest BCUT2D eigenvalue weighted by molar-refractivity contribution is 4.86. The van der Waals surface area contributed by atoms with Crippen molar-refractivity contribution in [1.29, 1.82) is 0 Å². The van der Waals surface area contributed by atoms with E-state index in [2.05, 4.69) is 33.1 Å². The van der Waals surface area contributed by atoms with E-state index in [1.54, 1.807) is 0 Å². The Morgan fingerprint density at radius 2 is 2.00 bits per heavy atom. The number of hydrogen-bond acceptors (Lipinski definition) is 2. The standard InChI is InChI=1S/C15H31NO/c1-5-12-9-8-10-13(11-12)15(16-4)14(6-2)17-7-3/h12-16H,5-11H2,1-4H3. The summed E-state index contributed by atoms with van der Waals surface area (Å²) in [7, 11) is 2.10. The molecule has 0 aromatic heterocycles. The lowest BCUT2D eigenvalue weighted by atomic mass is 9.75. The monoisotopic (exact) mass is 241 g/mol. The van der Waals surface area contributed by atoms with Gasteiger partial charge in [-0.3, -0.25) is 0 Å². The smallest absolute Gasteiger partial charge is 0.0727 e. The zero-order valence-corrected chi connectivity index (χ0v) is 12.2. The summed E-state index contributed by atoms with van der Waals surface area (Å²) in [5, 5.41) is 3.53. The largest absolute Gasteiger partial charge is 0.377 e. The Balaban J connectivity index is 2.58. The zero-order valence-electron chi connectivity index (χ0n) is 12.2. The van der Waals surface area contributed by atoms with Gasteiger partial charge in [-0.05, 0) is 45.1 Å². The average molecular weight is 241 g/mol. The Labute approximate surface area is 108 Å². The Hall–Kier alpha value is -0.0800. The van der Waals surface area contributed by atoms with E-state index in [4.69, 9.17) is 4.74 Å². The summed E-state index contributed by atoms with van der Waals surface area (Å²) in [5.41, 5.74) is 0. The molecule has 2 heteroatoms. The van der Waals surface area contributed by atoms with Crippen molar-refractivity contribution in [3.63, 3.8) is 0 Å². The summed E-state index contributed by atoms with van der Waals surface area (Å²) in [4.78, 5) is 0. The summed E-state index contributed by atoms with van der Waals surface area (Å²) in [6, 6.07) is 0.550. The van der Waals surface area contributed by atoms with E-state index >= 15 is 0 Å². The van der Waals surface area contributed by atoms with Crippen molar-refractivity contribution in [3.05, 3.63) is 0 Å². The van der Waals surface area contributed by atoms with E-state index in [-0.39, 0.29) is 0 Å². The average Bonchev–Trinajstić information content (AvgIpc) is 2.38. The van der Waals surface area contributed by atoms with Gasteiger partial charge in [-0.1, -0.05) is 33.1 Å². The van der Waals surface area contributed by atoms with Gasteiger partial charge in [0, 0.05) is 12.6 Å². The molecule has 1 aliphatic rings. The third-order valence-electron chi connectivity index (χ3n) is 4.43. The van der Waals surface area contributed by atoms with Gasteiger partial charge in [0.2, 0.25) is 0 Å². The van der Waals surface area contributed by atoms with Crippen LogP contribution in [0, 0.1) is 11.8 Å². The van der Waals surface area contributed by atoms with Crippen molar-refractivity contribution in [2.24, 2.45) is 11.8 Å². The van der Waals surface area contributed by atoms with Crippen LogP contribution in [0.5, 0.6) is 0 Å². The third-order valence-corrected chi connectivity index (χ3v) is 4.43. The maximum absolute atomic E-state index is 5.90. The van der Waals surface area contributed by atoms with Crippen LogP contribution in [-0.4, -0.2) is 25.8 Å². The molecule has 0 bridgehead atoms. The summed E-state index contributed by atoms with van der Waals surface area (Å²) >= 11 is 0. The highest BCUT2D eigenvalue weighted by Gasteiger charge is 2.31. The number of hydrogen-bond donors (Lipinski definition) is 1. The summed E-state index contributed by atoms with van der Waals surface area (Å²) in [6.45, 7) is 7.51. The topological polar surface area (TPSA) is 21.3 Å². The second-order valence-electron chi connectivity index (χ2n) is 5.42. The molecular formula is C15H31NO. The highest BCUT2D eigenvalue weighted by atomic mass is 16.5. The van der Waals surface area contributed by atoms with Crippen LogP contribution < -0.4 is 5.32 Å². The molecule has 0 saturated heterocycles. The molecule has 102 valence electrons. The first-order valence-electron chi connectivity index (χ1n) is 7.55. The molecule has 4 unspecified atom stereocenters. The van der Waals surface area contributed by atoms with Crippen molar-refractivity contribution in [3.8, 4) is 0 Å². The number of likely N-dealkylation sites (N-methyl/N-ethyl adjacent to an activating group) is 1. The lowest BCUT2D eigenvalue weighted by Crippen LogP contribution is -2.46. The van der Waals surface area contributed by atoms with E-state index in [0.717, 1.165) is 24.9 Å². The van der Waals surface area contributed by atoms with Gasteiger partial charge in [0.05, 0.1) is 6.10 Å². The molecule has 1 saturated carbocycles. The number of nitrogens with one attached hydrogen (secondary N) is 1. The molecule has 0 amide bonds. The van der Waals surface area contributed by atoms with Gasteiger partial charge >= 0.3 is 0 Å². The van der Waals surface area contributed by atoms with Crippen LogP contribution in [-0.2, 0) is 4.74 Å². The van der Waals surface area contributed by atoms with Gasteiger partial charge in [0.15, 0.2) is 0 Å². The Kier molecular flexibility index (Phi) is 7.14. The molecule has 1 rings (SSSR count). The first kappa shape index (κ1) is 15.0. The van der Waals surface area contributed by atoms with E-state index in [9.17, 15) is 0 Å². The maximum atomic E-state index is 5.90. The fraction of sp³-hybridized carbons (Fsp3) is 1.00. The molecule has 0 heterocycles. The second-order valence-corrected chi connectivity index (χ2v) is 5.42. The predicted octanol–water partition coefficient (Wildman–Crippen LogP) is 3.61. The molecule has 17 heavy (non-hydrogen) atoms. The fourth-order valence-corrected chi connectivity index (χ4v) is 3.44. The van der Waals surface area contributed by atoms with Gasteiger partial charge in [0.25, 0.3) is 0 Å². The van der Waals surface area contributed by atoms with Gasteiger partial charge < -0.3 is 10.1 Å². The van der Waals surface area contributed by atoms with Crippen molar-refractivity contribution in [1.82, 2.24) is 5.32 Å². The van der Waals surface area contributed by atoms with Crippen LogP contribution >= 0.6 is 0 Å². The minimum Gasteiger partial charge on any atom is -0.377 e. The Morgan fingerprint density at radius 3 is 2.53 bits per heavy atom. The van der Waals surface area contributed by atoms with Crippen molar-refractivity contribution >= 4 is 0 Å². The molecule has 1 fully saturated rings. The molecule has 0 radical (unpaired) electrons. The highest BCUT2D eigenvalue weighted by Crippen LogP contribution is 2.34. The molecule has 2 nitrogen and oxygen atoms in total. The van der Waals surface area contributed by atoms with E-state index in [0.29, 0.717) is 12.1 Å². The molecule has 4 atom stereocenters. The minimum absolute atomic E-state index is 0.394. The van der Waals surface area contributed by atoms with Crippen LogP contribution in [0.15, 0.2) is 0 Å². The Bertz CT molecular complexity index is 195. The number of ether oxygens (including phenoxy) is 1. The van der Waals surface area contributed by atoms with E-state index in [1.165, 1.54) is 32.1 Å². The quantitative estimate of drug-likeness (QED) is 0.735. The SMILES string of the molecule is CCOC(CC)C(NC)C1CCCC(CC)C1. The number of rotatable bonds is 7. The molecule has 0 aromatic rings. The van der Waals surface area contributed by atoms with Crippen LogP contribution in [0.2, 0.25) is 0 Å². The van der Waals surface area contributed by atoms with Crippen LogP contribution in [0.3, 0.4) is 0 Å². The maximum Gasteiger partial charge on any atom is 0.0727 e. The van der Waals surface area contributed by atoms with Gasteiger partial charge in [-0.2, -0.15) is 0 Å². The van der Waals surface area contributed by atoms with Crippen molar-refractivity contribution in [2.75, 3.05) is 13.7 Å². The fourth-order valence-electron chi connectivity index (χ4n) is 3.44. The molecule has 0 aromatic carbocycles. The van der Waals surface area contributed by atoms with E-state index < -0.39 is 0 Å². The lowest BCUT2D eigenvalue weighted by molar-refractivity contribution is 0.00747. The molecule has 0 aliphatic heterocycles. The summed E-state index contributed by atoms with van der Waals surface area (Å²) < 4.78 is 5.90. The first-order valence-corrected chi connectivity index (χ1v) is 7.55. The van der Waals surface area contributed by atoms with Crippen molar-refractivity contribution < 1.29 is 4.74 Å². The van der Waals surface area contributed by atoms with Crippen LogP contribution in [0.25, 0.3) is 0 Å². The molecule has 1 N–H and O–H groups in total. The molecule has 0 spiro atoms. The van der Waals surface area contributed by atoms with E-state index in [1.807, 2.05) is 0 Å². The minimum atomic E-state index is 0.394. The lowest BCUT2D eigenvalue weighted by Gasteiger charge is -2.37. The normalized spacial score (nSPS) is 28.9. The first-order chi connectivity index (χ1) is 8.26. The molecule has 1 aliphatic carbocycles. The third kappa shape index (κ3) is 4.26. The van der Waals surface area contributed by atoms with Gasteiger partial charge in [0.1, 0.15) is 0 Å². The zero-order chi connectivity index (χ0) is 12.7. The summed E-state index contributed by atoms with van der Waals surface area (Å²) in [6.07, 6.45) is 8.48. The Morgan fingerprint density at radius 1 is 1.24 bits per heavy atom. The predicted molar refractivity (Wildman–Crippen MR) is 74.3 cm³/mol. The van der Waals surface area contributed by atoms with Crippen LogP contribution in [0.4, 0.5) is 0 Å². The molecular weight excluding hydrogens is 210 g/mol.